The molecule has 0 saturated carbocycles. The van der Waals surface area contributed by atoms with Crippen molar-refractivity contribution >= 4 is 29.2 Å². The fraction of sp³-hybridized carbons (Fsp3) is 0.250. The summed E-state index contributed by atoms with van der Waals surface area (Å²) in [7, 11) is 3.73. The van der Waals surface area contributed by atoms with Crippen LogP contribution in [-0.4, -0.2) is 54.1 Å². The number of anilines is 3. The Bertz CT molecular complexity index is 1520. The molecular weight excluding hydrogens is 518 g/mol. The summed E-state index contributed by atoms with van der Waals surface area (Å²) in [6, 6.07) is 24.0. The second-order valence-corrected chi connectivity index (χ2v) is 10.2. The Balaban J connectivity index is 1.33. The smallest absolute Gasteiger partial charge is 0.308 e. The number of rotatable bonds is 10. The van der Waals surface area contributed by atoms with Crippen LogP contribution < -0.4 is 19.9 Å². The number of para-hydroxylation sites is 2. The number of carboxylic acid groups (broad SMARTS) is 1. The van der Waals surface area contributed by atoms with Crippen LogP contribution in [0.5, 0.6) is 11.5 Å². The molecule has 1 aliphatic rings. The Morgan fingerprint density at radius 2 is 1.61 bits per heavy atom. The van der Waals surface area contributed by atoms with Crippen molar-refractivity contribution in [2.24, 2.45) is 0 Å². The molecule has 1 aromatic heterocycles. The highest BCUT2D eigenvalue weighted by Crippen LogP contribution is 2.30. The fourth-order valence-corrected chi connectivity index (χ4v) is 4.90. The van der Waals surface area contributed by atoms with E-state index >= 15 is 0 Å². The second kappa shape index (κ2) is 12.5. The van der Waals surface area contributed by atoms with E-state index in [-0.39, 0.29) is 12.3 Å². The van der Waals surface area contributed by atoms with Crippen molar-refractivity contribution in [2.45, 2.75) is 25.7 Å². The number of amides is 1. The van der Waals surface area contributed by atoms with E-state index in [4.69, 9.17) is 14.7 Å². The second-order valence-electron chi connectivity index (χ2n) is 10.2. The first kappa shape index (κ1) is 27.6. The van der Waals surface area contributed by atoms with Crippen LogP contribution in [0.25, 0.3) is 0 Å². The van der Waals surface area contributed by atoms with Gasteiger partial charge in [0.15, 0.2) is 0 Å². The normalized spacial score (nSPS) is 12.7. The van der Waals surface area contributed by atoms with E-state index < -0.39 is 5.97 Å². The molecule has 0 spiro atoms. The van der Waals surface area contributed by atoms with Crippen LogP contribution in [0.3, 0.4) is 0 Å². The molecule has 9 heteroatoms. The van der Waals surface area contributed by atoms with Crippen molar-refractivity contribution < 1.29 is 19.4 Å². The molecule has 1 fully saturated rings. The minimum absolute atomic E-state index is 0.131. The largest absolute Gasteiger partial charge is 0.481 e. The van der Waals surface area contributed by atoms with Crippen molar-refractivity contribution in [3.8, 4) is 11.5 Å². The Hall–Kier alpha value is -4.92. The average Bonchev–Trinajstić information content (AvgIpc) is 3.50. The van der Waals surface area contributed by atoms with Gasteiger partial charge < -0.3 is 25.0 Å². The van der Waals surface area contributed by atoms with Crippen LogP contribution in [0.1, 0.15) is 40.2 Å². The van der Waals surface area contributed by atoms with Gasteiger partial charge in [0.05, 0.1) is 12.0 Å². The molecule has 0 radical (unpaired) electrons. The molecule has 9 nitrogen and oxygen atoms in total. The molecule has 2 N–H and O–H groups in total. The predicted octanol–water partition coefficient (Wildman–Crippen LogP) is 5.41. The predicted molar refractivity (Wildman–Crippen MR) is 159 cm³/mol. The first-order chi connectivity index (χ1) is 19.9. The number of carboxylic acids is 1. The monoisotopic (exact) mass is 551 g/mol. The molecule has 1 saturated heterocycles. The van der Waals surface area contributed by atoms with Crippen LogP contribution in [0.15, 0.2) is 78.9 Å². The molecule has 4 aromatic rings. The summed E-state index contributed by atoms with van der Waals surface area (Å²) in [5.41, 5.74) is 2.69. The van der Waals surface area contributed by atoms with Gasteiger partial charge in [-0.05, 0) is 54.8 Å². The Labute approximate surface area is 239 Å². The third-order valence-corrected chi connectivity index (χ3v) is 6.84. The molecule has 1 aliphatic heterocycles. The molecule has 3 aromatic carbocycles. The maximum absolute atomic E-state index is 13.1. The van der Waals surface area contributed by atoms with Crippen LogP contribution in [0, 0.1) is 0 Å². The van der Waals surface area contributed by atoms with Gasteiger partial charge in [-0.25, -0.2) is 9.97 Å². The quantitative estimate of drug-likeness (QED) is 0.270. The number of benzene rings is 3. The minimum Gasteiger partial charge on any atom is -0.481 e. The first-order valence-electron chi connectivity index (χ1n) is 13.6. The number of aliphatic carboxylic acids is 1. The van der Waals surface area contributed by atoms with Crippen LogP contribution in [0.2, 0.25) is 0 Å². The van der Waals surface area contributed by atoms with Gasteiger partial charge in [-0.3, -0.25) is 9.59 Å². The van der Waals surface area contributed by atoms with E-state index in [1.165, 1.54) is 0 Å². The van der Waals surface area contributed by atoms with Crippen molar-refractivity contribution in [3.05, 3.63) is 101 Å². The van der Waals surface area contributed by atoms with Gasteiger partial charge in [0.25, 0.3) is 5.91 Å². The number of carbonyl (C=O) groups excluding carboxylic acids is 1. The molecule has 0 aliphatic carbocycles. The fourth-order valence-electron chi connectivity index (χ4n) is 4.90. The number of hydrogen-bond donors (Lipinski definition) is 2. The molecule has 2 heterocycles. The standard InChI is InChI=1S/C32H33N5O4/c1-36(2)30-26(21-29(38)39)31(37-18-8-9-19-37)35-28(34-30)20-22-14-16-23(17-15-22)33-32(40)25-12-6-7-13-27(25)41-24-10-4-3-5-11-24/h3-7,10-17H,8-9,18-21H2,1-2H3,(H,33,40)(H,38,39). The zero-order chi connectivity index (χ0) is 28.8. The number of nitrogens with one attached hydrogen (secondary N) is 1. The van der Waals surface area contributed by atoms with Crippen LogP contribution >= 0.6 is 0 Å². The summed E-state index contributed by atoms with van der Waals surface area (Å²) in [5, 5.41) is 12.5. The number of nitrogens with zero attached hydrogens (tertiary/aromatic N) is 4. The van der Waals surface area contributed by atoms with E-state index in [1.807, 2.05) is 79.7 Å². The number of ether oxygens (including phenoxy) is 1. The molecule has 0 bridgehead atoms. The maximum Gasteiger partial charge on any atom is 0.308 e. The molecule has 210 valence electrons. The third kappa shape index (κ3) is 6.81. The zero-order valence-electron chi connectivity index (χ0n) is 23.2. The van der Waals surface area contributed by atoms with Gasteiger partial charge >= 0.3 is 5.97 Å². The lowest BCUT2D eigenvalue weighted by molar-refractivity contribution is -0.136. The summed E-state index contributed by atoms with van der Waals surface area (Å²) >= 11 is 0. The van der Waals surface area contributed by atoms with Gasteiger partial charge in [0, 0.05) is 44.9 Å². The maximum atomic E-state index is 13.1. The SMILES string of the molecule is CN(C)c1nc(Cc2ccc(NC(=O)c3ccccc3Oc3ccccc3)cc2)nc(N2CCCC2)c1CC(=O)O. The van der Waals surface area contributed by atoms with E-state index in [1.54, 1.807) is 18.2 Å². The summed E-state index contributed by atoms with van der Waals surface area (Å²) < 4.78 is 5.94. The Kier molecular flexibility index (Phi) is 8.43. The van der Waals surface area contributed by atoms with Crippen molar-refractivity contribution in [2.75, 3.05) is 42.3 Å². The third-order valence-electron chi connectivity index (χ3n) is 6.84. The number of carbonyl (C=O) groups is 2. The summed E-state index contributed by atoms with van der Waals surface area (Å²) in [6.07, 6.45) is 2.45. The summed E-state index contributed by atoms with van der Waals surface area (Å²) in [6.45, 7) is 1.70. The Morgan fingerprint density at radius 3 is 2.29 bits per heavy atom. The minimum atomic E-state index is -0.906. The zero-order valence-corrected chi connectivity index (χ0v) is 23.2. The Morgan fingerprint density at radius 1 is 0.927 bits per heavy atom. The molecule has 0 atom stereocenters. The molecule has 1 amide bonds. The van der Waals surface area contributed by atoms with Crippen molar-refractivity contribution in [1.82, 2.24) is 9.97 Å². The number of hydrogen-bond acceptors (Lipinski definition) is 7. The van der Waals surface area contributed by atoms with E-state index in [9.17, 15) is 14.7 Å². The van der Waals surface area contributed by atoms with Crippen LogP contribution in [0.4, 0.5) is 17.3 Å². The molecular formula is C32H33N5O4. The van der Waals surface area contributed by atoms with E-state index in [0.717, 1.165) is 31.5 Å². The lowest BCUT2D eigenvalue weighted by atomic mass is 10.1. The lowest BCUT2D eigenvalue weighted by Gasteiger charge is -2.25. The highest BCUT2D eigenvalue weighted by molar-refractivity contribution is 6.06. The topological polar surface area (TPSA) is 108 Å². The summed E-state index contributed by atoms with van der Waals surface area (Å²) in [5.74, 6) is 1.90. The molecule has 0 unspecified atom stereocenters. The molecule has 5 rings (SSSR count). The molecule has 41 heavy (non-hydrogen) atoms. The van der Waals surface area contributed by atoms with Gasteiger partial charge in [-0.1, -0.05) is 42.5 Å². The van der Waals surface area contributed by atoms with Gasteiger partial charge in [0.2, 0.25) is 0 Å². The highest BCUT2D eigenvalue weighted by Gasteiger charge is 2.24. The number of aromatic nitrogens is 2. The van der Waals surface area contributed by atoms with Gasteiger partial charge in [-0.2, -0.15) is 0 Å². The highest BCUT2D eigenvalue weighted by atomic mass is 16.5. The lowest BCUT2D eigenvalue weighted by Crippen LogP contribution is -2.26. The van der Waals surface area contributed by atoms with Gasteiger partial charge in [-0.15, -0.1) is 0 Å². The van der Waals surface area contributed by atoms with Crippen molar-refractivity contribution in [3.63, 3.8) is 0 Å². The van der Waals surface area contributed by atoms with Gasteiger partial charge in [0.1, 0.15) is 29.0 Å². The first-order valence-corrected chi connectivity index (χ1v) is 13.6. The van der Waals surface area contributed by atoms with E-state index in [2.05, 4.69) is 10.2 Å². The van der Waals surface area contributed by atoms with Crippen molar-refractivity contribution in [1.29, 1.82) is 0 Å². The van der Waals surface area contributed by atoms with Crippen LogP contribution in [-0.2, 0) is 17.6 Å². The average molecular weight is 552 g/mol. The van der Waals surface area contributed by atoms with E-state index in [0.29, 0.717) is 52.2 Å². The summed E-state index contributed by atoms with van der Waals surface area (Å²) in [4.78, 5) is 38.4.